The van der Waals surface area contributed by atoms with Crippen LogP contribution in [-0.4, -0.2) is 39.7 Å². The molecule has 0 radical (unpaired) electrons. The largest absolute Gasteiger partial charge is 0.467 e. The summed E-state index contributed by atoms with van der Waals surface area (Å²) < 4.78 is 7.80. The van der Waals surface area contributed by atoms with Gasteiger partial charge in [0.15, 0.2) is 0 Å². The van der Waals surface area contributed by atoms with Gasteiger partial charge in [-0.15, -0.1) is 0 Å². The Hall–Kier alpha value is -2.32. The van der Waals surface area contributed by atoms with Gasteiger partial charge >= 0.3 is 5.97 Å². The van der Waals surface area contributed by atoms with Crippen LogP contribution in [0.3, 0.4) is 0 Å². The summed E-state index contributed by atoms with van der Waals surface area (Å²) in [5, 5.41) is -0.475. The number of esters is 1. The lowest BCUT2D eigenvalue weighted by molar-refractivity contribution is -0.148. The van der Waals surface area contributed by atoms with E-state index in [9.17, 15) is 14.4 Å². The smallest absolute Gasteiger partial charge is 0.328 e. The molecule has 0 N–H and O–H groups in total. The Bertz CT molecular complexity index is 1060. The summed E-state index contributed by atoms with van der Waals surface area (Å²) in [6, 6.07) is 7.12. The summed E-state index contributed by atoms with van der Waals surface area (Å²) in [7, 11) is 1.23. The number of nitrogens with zero attached hydrogens (tertiary/aromatic N) is 2. The second kappa shape index (κ2) is 8.20. The normalized spacial score (nSPS) is 16.6. The van der Waals surface area contributed by atoms with E-state index >= 15 is 0 Å². The van der Waals surface area contributed by atoms with Gasteiger partial charge in [0.05, 0.1) is 12.0 Å². The molecule has 0 spiro atoms. The molecule has 1 aromatic heterocycles. The Morgan fingerprint density at radius 1 is 1.21 bits per heavy atom. The topological polar surface area (TPSA) is 68.6 Å². The Morgan fingerprint density at radius 2 is 1.90 bits per heavy atom. The minimum atomic E-state index is -0.962. The van der Waals surface area contributed by atoms with Gasteiger partial charge in [-0.3, -0.25) is 14.5 Å². The van der Waals surface area contributed by atoms with Crippen molar-refractivity contribution in [2.45, 2.75) is 33.7 Å². The van der Waals surface area contributed by atoms with E-state index < -0.39 is 23.2 Å². The van der Waals surface area contributed by atoms with Crippen molar-refractivity contribution in [3.8, 4) is 5.69 Å². The SMILES string of the molecule is COC(=O)[C@@H](C)N1C(=O)S/C(=C/c2cc(C)n(-c3ccc(Br)c(C)c3)c2C)C1=O. The maximum atomic E-state index is 12.7. The molecular formula is C21H21BrN2O4S. The lowest BCUT2D eigenvalue weighted by Gasteiger charge is -2.18. The monoisotopic (exact) mass is 476 g/mol. The molecule has 1 saturated heterocycles. The highest BCUT2D eigenvalue weighted by molar-refractivity contribution is 9.10. The van der Waals surface area contributed by atoms with E-state index in [1.807, 2.05) is 39.0 Å². The van der Waals surface area contributed by atoms with Crippen LogP contribution in [0.1, 0.15) is 29.4 Å². The van der Waals surface area contributed by atoms with E-state index in [0.717, 1.165) is 49.3 Å². The van der Waals surface area contributed by atoms with E-state index in [4.69, 9.17) is 0 Å². The van der Waals surface area contributed by atoms with Gasteiger partial charge < -0.3 is 9.30 Å². The molecule has 3 rings (SSSR count). The van der Waals surface area contributed by atoms with Crippen LogP contribution in [0.5, 0.6) is 0 Å². The third-order valence-corrected chi connectivity index (χ3v) is 6.68. The summed E-state index contributed by atoms with van der Waals surface area (Å²) in [4.78, 5) is 38.0. The molecule has 0 aliphatic carbocycles. The summed E-state index contributed by atoms with van der Waals surface area (Å²) in [6.45, 7) is 7.47. The van der Waals surface area contributed by atoms with Crippen LogP contribution >= 0.6 is 27.7 Å². The van der Waals surface area contributed by atoms with Gasteiger partial charge in [0.2, 0.25) is 0 Å². The number of ether oxygens (including phenoxy) is 1. The van der Waals surface area contributed by atoms with E-state index in [2.05, 4.69) is 31.3 Å². The van der Waals surface area contributed by atoms with Crippen LogP contribution in [-0.2, 0) is 14.3 Å². The summed E-state index contributed by atoms with van der Waals surface area (Å²) in [5.41, 5.74) is 4.95. The van der Waals surface area contributed by atoms with Gasteiger partial charge in [0, 0.05) is 21.5 Å². The van der Waals surface area contributed by atoms with Crippen LogP contribution in [0.2, 0.25) is 0 Å². The molecule has 2 aromatic rings. The number of imide groups is 1. The second-order valence-corrected chi connectivity index (χ2v) is 8.69. The van der Waals surface area contributed by atoms with Gasteiger partial charge in [-0.05, 0) is 80.9 Å². The lowest BCUT2D eigenvalue weighted by atomic mass is 10.2. The fraction of sp³-hybridized carbons (Fsp3) is 0.286. The number of hydrogen-bond donors (Lipinski definition) is 0. The Labute approximate surface area is 182 Å². The van der Waals surface area contributed by atoms with Gasteiger partial charge in [-0.2, -0.15) is 0 Å². The third-order valence-electron chi connectivity index (χ3n) is 4.91. The maximum Gasteiger partial charge on any atom is 0.328 e. The fourth-order valence-electron chi connectivity index (χ4n) is 3.33. The zero-order chi connectivity index (χ0) is 21.5. The van der Waals surface area contributed by atoms with E-state index in [1.165, 1.54) is 14.0 Å². The molecular weight excluding hydrogens is 456 g/mol. The fourth-order valence-corrected chi connectivity index (χ4v) is 4.48. The van der Waals surface area contributed by atoms with Crippen molar-refractivity contribution in [2.75, 3.05) is 7.11 Å². The minimum Gasteiger partial charge on any atom is -0.467 e. The molecule has 6 nitrogen and oxygen atoms in total. The average Bonchev–Trinajstić information content (AvgIpc) is 3.11. The third kappa shape index (κ3) is 3.91. The Balaban J connectivity index is 1.98. The predicted octanol–water partition coefficient (Wildman–Crippen LogP) is 4.76. The Kier molecular flexibility index (Phi) is 6.05. The minimum absolute atomic E-state index is 0.290. The predicted molar refractivity (Wildman–Crippen MR) is 117 cm³/mol. The molecule has 0 saturated carbocycles. The highest BCUT2D eigenvalue weighted by Gasteiger charge is 2.41. The number of carbonyl (C=O) groups excluding carboxylic acids is 3. The summed E-state index contributed by atoms with van der Waals surface area (Å²) >= 11 is 4.35. The molecule has 2 heterocycles. The molecule has 1 aliphatic rings. The summed E-state index contributed by atoms with van der Waals surface area (Å²) in [5.74, 6) is -1.11. The zero-order valence-corrected chi connectivity index (χ0v) is 19.2. The van der Waals surface area contributed by atoms with Crippen LogP contribution in [0.4, 0.5) is 4.79 Å². The van der Waals surface area contributed by atoms with Gasteiger partial charge in [0.25, 0.3) is 11.1 Å². The number of thioether (sulfide) groups is 1. The highest BCUT2D eigenvalue weighted by Crippen LogP contribution is 2.35. The zero-order valence-electron chi connectivity index (χ0n) is 16.8. The first-order valence-corrected chi connectivity index (χ1v) is 10.6. The van der Waals surface area contributed by atoms with Crippen molar-refractivity contribution in [3.63, 3.8) is 0 Å². The molecule has 1 atom stereocenters. The quantitative estimate of drug-likeness (QED) is 0.469. The molecule has 1 aliphatic heterocycles. The number of methoxy groups -OCH3 is 1. The lowest BCUT2D eigenvalue weighted by Crippen LogP contribution is -2.42. The molecule has 0 bridgehead atoms. The molecule has 29 heavy (non-hydrogen) atoms. The van der Waals surface area contributed by atoms with Gasteiger partial charge in [-0.25, -0.2) is 4.79 Å². The van der Waals surface area contributed by atoms with E-state index in [1.54, 1.807) is 6.08 Å². The molecule has 152 valence electrons. The van der Waals surface area contributed by atoms with Crippen molar-refractivity contribution < 1.29 is 19.1 Å². The van der Waals surface area contributed by atoms with Crippen molar-refractivity contribution in [2.24, 2.45) is 0 Å². The number of halogens is 1. The van der Waals surface area contributed by atoms with Crippen molar-refractivity contribution in [1.82, 2.24) is 9.47 Å². The average molecular weight is 477 g/mol. The molecule has 1 aromatic carbocycles. The molecule has 8 heteroatoms. The number of benzene rings is 1. The van der Waals surface area contributed by atoms with Gasteiger partial charge in [0.1, 0.15) is 6.04 Å². The first kappa shape index (κ1) is 21.4. The van der Waals surface area contributed by atoms with Gasteiger partial charge in [-0.1, -0.05) is 15.9 Å². The summed E-state index contributed by atoms with van der Waals surface area (Å²) in [6.07, 6.45) is 1.71. The number of hydrogen-bond acceptors (Lipinski definition) is 5. The van der Waals surface area contributed by atoms with Crippen molar-refractivity contribution in [3.05, 3.63) is 56.2 Å². The number of aryl methyl sites for hydroxylation is 2. The first-order chi connectivity index (χ1) is 13.6. The van der Waals surface area contributed by atoms with Crippen LogP contribution in [0.25, 0.3) is 11.8 Å². The second-order valence-electron chi connectivity index (χ2n) is 6.85. The Morgan fingerprint density at radius 3 is 2.52 bits per heavy atom. The molecule has 1 fully saturated rings. The highest BCUT2D eigenvalue weighted by atomic mass is 79.9. The molecule has 2 amide bonds. The number of amides is 2. The van der Waals surface area contributed by atoms with Crippen molar-refractivity contribution in [1.29, 1.82) is 0 Å². The van der Waals surface area contributed by atoms with Crippen LogP contribution in [0.15, 0.2) is 33.6 Å². The standard InChI is InChI=1S/C21H21BrN2O4S/c1-11-8-16(6-7-17(11)22)23-12(2)9-15(13(23)3)10-18-19(25)24(21(27)29-18)14(4)20(26)28-5/h6-10,14H,1-5H3/b18-10+/t14-/m1/s1. The number of carbonyl (C=O) groups is 3. The number of aromatic nitrogens is 1. The number of rotatable bonds is 4. The van der Waals surface area contributed by atoms with Crippen molar-refractivity contribution >= 4 is 50.9 Å². The van der Waals surface area contributed by atoms with E-state index in [0.29, 0.717) is 0 Å². The first-order valence-electron chi connectivity index (χ1n) is 8.96. The maximum absolute atomic E-state index is 12.7. The van der Waals surface area contributed by atoms with Crippen LogP contribution in [0, 0.1) is 20.8 Å². The van der Waals surface area contributed by atoms with E-state index in [-0.39, 0.29) is 4.91 Å². The molecule has 0 unspecified atom stereocenters. The van der Waals surface area contributed by atoms with Crippen LogP contribution < -0.4 is 0 Å².